The molecule has 0 aromatic heterocycles. The Kier molecular flexibility index (Phi) is 10.4. The van der Waals surface area contributed by atoms with Crippen molar-refractivity contribution in [3.8, 4) is 28.4 Å². The minimum atomic E-state index is 0.664. The summed E-state index contributed by atoms with van der Waals surface area (Å²) >= 11 is 1.72. The van der Waals surface area contributed by atoms with E-state index < -0.39 is 0 Å². The summed E-state index contributed by atoms with van der Waals surface area (Å²) in [6.45, 7) is 1.33. The van der Waals surface area contributed by atoms with Gasteiger partial charge in [0.15, 0.2) is 5.17 Å². The van der Waals surface area contributed by atoms with Gasteiger partial charge in [-0.15, -0.1) is 0 Å². The minimum absolute atomic E-state index is 0.664. The maximum atomic E-state index is 5.80. The zero-order valence-electron chi connectivity index (χ0n) is 24.8. The molecule has 5 aromatic carbocycles. The van der Waals surface area contributed by atoms with Crippen LogP contribution in [0.15, 0.2) is 132 Å². The Morgan fingerprint density at radius 1 is 0.581 bits per heavy atom. The number of amidine groups is 1. The zero-order chi connectivity index (χ0) is 29.9. The highest BCUT2D eigenvalue weighted by Crippen LogP contribution is 2.35. The first-order valence-electron chi connectivity index (χ1n) is 14.1. The van der Waals surface area contributed by atoms with E-state index in [0.29, 0.717) is 13.1 Å². The maximum Gasteiger partial charge on any atom is 0.165 e. The molecule has 5 nitrogen and oxygen atoms in total. The summed E-state index contributed by atoms with van der Waals surface area (Å²) in [6.07, 6.45) is 0. The van der Waals surface area contributed by atoms with Crippen LogP contribution in [0.3, 0.4) is 0 Å². The number of hydrogen-bond acceptors (Lipinski definition) is 5. The van der Waals surface area contributed by atoms with Gasteiger partial charge >= 0.3 is 0 Å². The van der Waals surface area contributed by atoms with Crippen molar-refractivity contribution >= 4 is 22.6 Å². The van der Waals surface area contributed by atoms with Gasteiger partial charge in [0.25, 0.3) is 0 Å². The fraction of sp³-hybridized carbons (Fsp3) is 0.162. The molecule has 0 aliphatic carbocycles. The van der Waals surface area contributed by atoms with Crippen molar-refractivity contribution in [2.75, 3.05) is 21.3 Å². The molecule has 0 atom stereocenters. The number of aliphatic imine (C=N–C) groups is 1. The molecular formula is C37H36N2O3S. The molecule has 0 aliphatic heterocycles. The van der Waals surface area contributed by atoms with Crippen molar-refractivity contribution in [2.24, 2.45) is 4.99 Å². The number of ether oxygens (including phenoxy) is 3. The molecule has 0 saturated carbocycles. The molecule has 0 bridgehead atoms. The lowest BCUT2D eigenvalue weighted by Crippen LogP contribution is -2.28. The molecule has 0 saturated heterocycles. The molecule has 0 radical (unpaired) electrons. The van der Waals surface area contributed by atoms with E-state index >= 15 is 0 Å². The van der Waals surface area contributed by atoms with Gasteiger partial charge in [0.05, 0.1) is 21.3 Å². The van der Waals surface area contributed by atoms with Crippen LogP contribution in [0, 0.1) is 0 Å². The van der Waals surface area contributed by atoms with Crippen LogP contribution < -0.4 is 14.2 Å². The third kappa shape index (κ3) is 8.21. The average molecular weight is 589 g/mol. The Bertz CT molecular complexity index is 1560. The lowest BCUT2D eigenvalue weighted by molar-refractivity contribution is 0.404. The number of benzene rings is 5. The molecule has 6 heteroatoms. The molecule has 0 N–H and O–H groups in total. The quantitative estimate of drug-likeness (QED) is 0.114. The van der Waals surface area contributed by atoms with Gasteiger partial charge in [-0.1, -0.05) is 103 Å². The molecule has 218 valence electrons. The van der Waals surface area contributed by atoms with Crippen molar-refractivity contribution in [1.82, 2.24) is 4.90 Å². The van der Waals surface area contributed by atoms with E-state index in [0.717, 1.165) is 56.1 Å². The van der Waals surface area contributed by atoms with Crippen molar-refractivity contribution in [1.29, 1.82) is 0 Å². The minimum Gasteiger partial charge on any atom is -0.497 e. The number of methoxy groups -OCH3 is 3. The fourth-order valence-corrected chi connectivity index (χ4v) is 5.66. The van der Waals surface area contributed by atoms with Gasteiger partial charge in [0.1, 0.15) is 22.9 Å². The topological polar surface area (TPSA) is 43.3 Å². The van der Waals surface area contributed by atoms with E-state index in [1.54, 1.807) is 33.1 Å². The SMILES string of the molecule is COc1ccc(CN(Cc2ccc(OC)cc2)C(=Nc2cc(-c3ccccc3)ccc2OC)SCc2ccccc2)cc1. The number of rotatable bonds is 11. The van der Waals surface area contributed by atoms with Crippen LogP contribution in [0.1, 0.15) is 16.7 Å². The van der Waals surface area contributed by atoms with Gasteiger partial charge < -0.3 is 19.1 Å². The summed E-state index contributed by atoms with van der Waals surface area (Å²) in [7, 11) is 5.07. The molecule has 5 aromatic rings. The predicted molar refractivity (Wildman–Crippen MR) is 178 cm³/mol. The van der Waals surface area contributed by atoms with Gasteiger partial charge in [0.2, 0.25) is 0 Å². The van der Waals surface area contributed by atoms with E-state index in [-0.39, 0.29) is 0 Å². The van der Waals surface area contributed by atoms with Crippen LogP contribution >= 0.6 is 11.8 Å². The normalized spacial score (nSPS) is 11.2. The summed E-state index contributed by atoms with van der Waals surface area (Å²) in [6, 6.07) is 43.5. The Morgan fingerprint density at radius 2 is 1.14 bits per heavy atom. The maximum absolute atomic E-state index is 5.80. The second-order valence-corrected chi connectivity index (χ2v) is 10.9. The largest absolute Gasteiger partial charge is 0.497 e. The number of nitrogens with zero attached hydrogens (tertiary/aromatic N) is 2. The molecule has 0 heterocycles. The summed E-state index contributed by atoms with van der Waals surface area (Å²) in [5, 5.41) is 0.902. The second-order valence-electron chi connectivity index (χ2n) is 9.97. The summed E-state index contributed by atoms with van der Waals surface area (Å²) < 4.78 is 16.6. The molecule has 0 spiro atoms. The third-order valence-electron chi connectivity index (χ3n) is 7.05. The van der Waals surface area contributed by atoms with E-state index in [4.69, 9.17) is 19.2 Å². The van der Waals surface area contributed by atoms with Crippen molar-refractivity contribution in [2.45, 2.75) is 18.8 Å². The summed E-state index contributed by atoms with van der Waals surface area (Å²) in [5.41, 5.74) is 6.56. The molecule has 0 aliphatic rings. The third-order valence-corrected chi connectivity index (χ3v) is 8.13. The molecular weight excluding hydrogens is 552 g/mol. The van der Waals surface area contributed by atoms with E-state index in [2.05, 4.69) is 89.8 Å². The van der Waals surface area contributed by atoms with Crippen LogP contribution in [0.5, 0.6) is 17.2 Å². The molecule has 0 amide bonds. The van der Waals surface area contributed by atoms with Crippen LogP contribution in [-0.2, 0) is 18.8 Å². The summed E-state index contributed by atoms with van der Waals surface area (Å²) in [4.78, 5) is 7.65. The van der Waals surface area contributed by atoms with Gasteiger partial charge in [-0.05, 0) is 64.2 Å². The second kappa shape index (κ2) is 15.0. The monoisotopic (exact) mass is 588 g/mol. The van der Waals surface area contributed by atoms with Crippen LogP contribution in [0.25, 0.3) is 11.1 Å². The fourth-order valence-electron chi connectivity index (χ4n) is 4.70. The highest BCUT2D eigenvalue weighted by molar-refractivity contribution is 8.13. The van der Waals surface area contributed by atoms with Crippen LogP contribution in [0.4, 0.5) is 5.69 Å². The summed E-state index contributed by atoms with van der Waals surface area (Å²) in [5.74, 6) is 3.18. The Morgan fingerprint density at radius 3 is 1.67 bits per heavy atom. The lowest BCUT2D eigenvalue weighted by atomic mass is 10.0. The van der Waals surface area contributed by atoms with Crippen LogP contribution in [0.2, 0.25) is 0 Å². The predicted octanol–water partition coefficient (Wildman–Crippen LogP) is 9.00. The molecule has 0 fully saturated rings. The average Bonchev–Trinajstić information content (AvgIpc) is 3.07. The van der Waals surface area contributed by atoms with Gasteiger partial charge in [-0.3, -0.25) is 0 Å². The van der Waals surface area contributed by atoms with Gasteiger partial charge in [0, 0.05) is 18.8 Å². The lowest BCUT2D eigenvalue weighted by Gasteiger charge is -2.27. The molecule has 5 rings (SSSR count). The van der Waals surface area contributed by atoms with Gasteiger partial charge in [-0.25, -0.2) is 4.99 Å². The first-order valence-corrected chi connectivity index (χ1v) is 15.1. The Labute approximate surface area is 258 Å². The van der Waals surface area contributed by atoms with E-state index in [9.17, 15) is 0 Å². The van der Waals surface area contributed by atoms with Crippen LogP contribution in [-0.4, -0.2) is 31.4 Å². The first kappa shape index (κ1) is 29.8. The van der Waals surface area contributed by atoms with E-state index in [1.165, 1.54) is 5.56 Å². The highest BCUT2D eigenvalue weighted by Gasteiger charge is 2.17. The van der Waals surface area contributed by atoms with E-state index in [1.807, 2.05) is 42.5 Å². The first-order chi connectivity index (χ1) is 21.1. The molecule has 0 unspecified atom stereocenters. The number of hydrogen-bond donors (Lipinski definition) is 0. The molecule has 43 heavy (non-hydrogen) atoms. The Balaban J connectivity index is 1.58. The van der Waals surface area contributed by atoms with Crippen molar-refractivity contribution in [3.63, 3.8) is 0 Å². The zero-order valence-corrected chi connectivity index (χ0v) is 25.6. The number of thioether (sulfide) groups is 1. The van der Waals surface area contributed by atoms with Crippen molar-refractivity contribution < 1.29 is 14.2 Å². The van der Waals surface area contributed by atoms with Gasteiger partial charge in [-0.2, -0.15) is 0 Å². The Hall–Kier alpha value is -4.68. The smallest absolute Gasteiger partial charge is 0.165 e. The highest BCUT2D eigenvalue weighted by atomic mass is 32.2. The standard InChI is InChI=1S/C37H36N2O3S/c1-40-33-19-14-28(15-20-33)25-39(26-29-16-21-34(41-2)22-17-29)37(43-27-30-10-6-4-7-11-30)38-35-24-32(18-23-36(35)42-3)31-12-8-5-9-13-31/h4-24H,25-27H2,1-3H3. The van der Waals surface area contributed by atoms with Crippen molar-refractivity contribution in [3.05, 3.63) is 144 Å².